The fourth-order valence-corrected chi connectivity index (χ4v) is 7.09. The van der Waals surface area contributed by atoms with Gasteiger partial charge in [0.25, 0.3) is 0 Å². The van der Waals surface area contributed by atoms with Gasteiger partial charge in [-0.1, -0.05) is 80.6 Å². The van der Waals surface area contributed by atoms with Crippen LogP contribution in [-0.2, 0) is 4.74 Å². The van der Waals surface area contributed by atoms with Crippen molar-refractivity contribution in [1.29, 1.82) is 5.41 Å². The molecule has 0 aliphatic heterocycles. The monoisotopic (exact) mass is 405 g/mol. The highest BCUT2D eigenvalue weighted by Gasteiger charge is 2.57. The third-order valence-corrected chi connectivity index (χ3v) is 8.95. The van der Waals surface area contributed by atoms with Crippen LogP contribution >= 0.6 is 0 Å². The summed E-state index contributed by atoms with van der Waals surface area (Å²) in [5.41, 5.74) is 0.976. The predicted octanol–water partition coefficient (Wildman–Crippen LogP) is 8.49. The maximum Gasteiger partial charge on any atom is 0.180 e. The van der Waals surface area contributed by atoms with Crippen LogP contribution in [0.4, 0.5) is 0 Å². The summed E-state index contributed by atoms with van der Waals surface area (Å²) in [5.74, 6) is 4.65. The molecule has 2 aliphatic carbocycles. The topological polar surface area (TPSA) is 33.1 Å². The van der Waals surface area contributed by atoms with Gasteiger partial charge in [0.1, 0.15) is 0 Å². The highest BCUT2D eigenvalue weighted by molar-refractivity contribution is 5.72. The van der Waals surface area contributed by atoms with Gasteiger partial charge in [0.05, 0.1) is 6.61 Å². The summed E-state index contributed by atoms with van der Waals surface area (Å²) in [4.78, 5) is 0. The molecular weight excluding hydrogens is 354 g/mol. The Balaban J connectivity index is 1.99. The van der Waals surface area contributed by atoms with Crippen LogP contribution in [0.2, 0.25) is 0 Å². The Morgan fingerprint density at radius 1 is 1.10 bits per heavy atom. The van der Waals surface area contributed by atoms with Gasteiger partial charge in [-0.25, -0.2) is 0 Å². The Bertz CT molecular complexity index is 507. The average molecular weight is 406 g/mol. The van der Waals surface area contributed by atoms with Crippen molar-refractivity contribution in [2.75, 3.05) is 6.61 Å². The Morgan fingerprint density at radius 3 is 2.38 bits per heavy atom. The van der Waals surface area contributed by atoms with Crippen molar-refractivity contribution in [3.63, 3.8) is 0 Å². The first kappa shape index (κ1) is 24.7. The first-order valence-corrected chi connectivity index (χ1v) is 12.9. The molecule has 0 heterocycles. The van der Waals surface area contributed by atoms with Crippen LogP contribution < -0.4 is 0 Å². The van der Waals surface area contributed by atoms with E-state index in [4.69, 9.17) is 10.1 Å². The molecule has 0 aromatic rings. The normalized spacial score (nSPS) is 31.9. The van der Waals surface area contributed by atoms with Gasteiger partial charge < -0.3 is 4.74 Å². The predicted molar refractivity (Wildman–Crippen MR) is 126 cm³/mol. The highest BCUT2D eigenvalue weighted by Crippen LogP contribution is 2.65. The highest BCUT2D eigenvalue weighted by atomic mass is 16.5. The molecule has 29 heavy (non-hydrogen) atoms. The molecule has 2 fully saturated rings. The van der Waals surface area contributed by atoms with Crippen molar-refractivity contribution >= 4 is 5.90 Å². The second kappa shape index (κ2) is 10.7. The molecule has 2 aliphatic rings. The molecule has 0 amide bonds. The second-order valence-corrected chi connectivity index (χ2v) is 11.6. The lowest BCUT2D eigenvalue weighted by molar-refractivity contribution is -0.112. The molecular formula is C27H51NO. The van der Waals surface area contributed by atoms with Crippen molar-refractivity contribution in [2.45, 2.75) is 119 Å². The second-order valence-electron chi connectivity index (χ2n) is 11.6. The van der Waals surface area contributed by atoms with Crippen molar-refractivity contribution in [3.05, 3.63) is 0 Å². The number of unbranched alkanes of at least 4 members (excludes halogenated alkanes) is 2. The van der Waals surface area contributed by atoms with E-state index in [1.54, 1.807) is 0 Å². The Labute approximate surface area is 182 Å². The zero-order valence-electron chi connectivity index (χ0n) is 20.8. The molecule has 0 aromatic heterocycles. The molecule has 2 rings (SSSR count). The van der Waals surface area contributed by atoms with Crippen molar-refractivity contribution < 1.29 is 4.74 Å². The van der Waals surface area contributed by atoms with Gasteiger partial charge in [0.2, 0.25) is 0 Å². The Hall–Kier alpha value is -0.530. The Morgan fingerprint density at radius 2 is 1.83 bits per heavy atom. The average Bonchev–Trinajstić information content (AvgIpc) is 2.76. The zero-order chi connectivity index (χ0) is 21.7. The summed E-state index contributed by atoms with van der Waals surface area (Å²) in [7, 11) is 0. The van der Waals surface area contributed by atoms with Gasteiger partial charge in [-0.2, -0.15) is 0 Å². The lowest BCUT2D eigenvalue weighted by atomic mass is 9.45. The molecule has 0 saturated heterocycles. The Kier molecular flexibility index (Phi) is 9.10. The molecule has 2 nitrogen and oxygen atoms in total. The van der Waals surface area contributed by atoms with E-state index in [-0.39, 0.29) is 0 Å². The van der Waals surface area contributed by atoms with Gasteiger partial charge >= 0.3 is 0 Å². The number of hydrogen-bond acceptors (Lipinski definition) is 2. The van der Waals surface area contributed by atoms with Gasteiger partial charge in [-0.15, -0.1) is 0 Å². The van der Waals surface area contributed by atoms with Gasteiger partial charge in [-0.3, -0.25) is 5.41 Å². The van der Waals surface area contributed by atoms with Gasteiger partial charge in [-0.05, 0) is 72.5 Å². The van der Waals surface area contributed by atoms with Crippen molar-refractivity contribution in [3.8, 4) is 0 Å². The molecule has 170 valence electrons. The minimum Gasteiger partial charge on any atom is -0.481 e. The summed E-state index contributed by atoms with van der Waals surface area (Å²) in [5, 5.41) is 8.18. The largest absolute Gasteiger partial charge is 0.481 e. The number of rotatable bonds is 10. The van der Waals surface area contributed by atoms with Gasteiger partial charge in [0.15, 0.2) is 5.90 Å². The lowest BCUT2D eigenvalue weighted by Crippen LogP contribution is -2.53. The summed E-state index contributed by atoms with van der Waals surface area (Å²) in [6, 6.07) is 0. The number of nitrogens with one attached hydrogen (secondary N) is 1. The first-order chi connectivity index (χ1) is 13.7. The van der Waals surface area contributed by atoms with E-state index in [1.165, 1.54) is 51.4 Å². The van der Waals surface area contributed by atoms with E-state index in [1.807, 2.05) is 0 Å². The van der Waals surface area contributed by atoms with E-state index in [0.29, 0.717) is 22.6 Å². The van der Waals surface area contributed by atoms with Crippen LogP contribution in [0.5, 0.6) is 0 Å². The van der Waals surface area contributed by atoms with Crippen LogP contribution in [0.15, 0.2) is 0 Å². The fraction of sp³-hybridized carbons (Fsp3) is 0.963. The molecule has 0 bridgehead atoms. The number of hydrogen-bond donors (Lipinski definition) is 1. The molecule has 1 N–H and O–H groups in total. The molecule has 3 unspecified atom stereocenters. The zero-order valence-corrected chi connectivity index (χ0v) is 20.8. The molecule has 0 radical (unpaired) electrons. The lowest BCUT2D eigenvalue weighted by Gasteiger charge is -2.60. The van der Waals surface area contributed by atoms with E-state index in [2.05, 4.69) is 48.5 Å². The molecule has 2 heteroatoms. The van der Waals surface area contributed by atoms with Crippen LogP contribution in [0.3, 0.4) is 0 Å². The summed E-state index contributed by atoms with van der Waals surface area (Å²) >= 11 is 0. The minimum atomic E-state index is 0.415. The van der Waals surface area contributed by atoms with E-state index in [0.717, 1.165) is 49.5 Å². The standard InChI is InChI=1S/C27H51NO/c1-8-10-11-19-29-24(28)15-14-20(3)21(4)27-17-12-13-22(9-2)25(26(5,6)7)23(27)16-18-27/h20-23,25,28H,8-19H2,1-7H3/t20-,21?,22+,23?,25+,27?/m1/s1. The summed E-state index contributed by atoms with van der Waals surface area (Å²) in [6.07, 6.45) is 14.0. The third-order valence-electron chi connectivity index (χ3n) is 8.95. The minimum absolute atomic E-state index is 0.415. The molecule has 6 atom stereocenters. The SMILES string of the molecule is CCCCCOC(=N)CC[C@@H](C)C(C)C12CCC[C@H](CC)[C@H](C(C)(C)C)C1CC2. The van der Waals surface area contributed by atoms with Crippen LogP contribution in [0, 0.1) is 45.8 Å². The smallest absolute Gasteiger partial charge is 0.180 e. The summed E-state index contributed by atoms with van der Waals surface area (Å²) < 4.78 is 5.67. The molecule has 0 spiro atoms. The molecule has 2 saturated carbocycles. The maximum absolute atomic E-state index is 8.18. The van der Waals surface area contributed by atoms with Crippen LogP contribution in [0.25, 0.3) is 0 Å². The van der Waals surface area contributed by atoms with E-state index in [9.17, 15) is 0 Å². The maximum atomic E-state index is 8.18. The molecule has 0 aromatic carbocycles. The van der Waals surface area contributed by atoms with Gasteiger partial charge in [0, 0.05) is 6.42 Å². The van der Waals surface area contributed by atoms with Crippen LogP contribution in [-0.4, -0.2) is 12.5 Å². The first-order valence-electron chi connectivity index (χ1n) is 12.9. The number of ether oxygens (including phenoxy) is 1. The fourth-order valence-electron chi connectivity index (χ4n) is 7.09. The third kappa shape index (κ3) is 5.79. The van der Waals surface area contributed by atoms with E-state index >= 15 is 0 Å². The van der Waals surface area contributed by atoms with Crippen molar-refractivity contribution in [2.24, 2.45) is 40.4 Å². The number of fused-ring (bicyclic) bond motifs is 1. The quantitative estimate of drug-likeness (QED) is 0.220. The summed E-state index contributed by atoms with van der Waals surface area (Å²) in [6.45, 7) is 17.9. The van der Waals surface area contributed by atoms with Crippen molar-refractivity contribution in [1.82, 2.24) is 0 Å². The van der Waals surface area contributed by atoms with Crippen LogP contribution in [0.1, 0.15) is 119 Å². The van der Waals surface area contributed by atoms with E-state index < -0.39 is 0 Å².